The molecule has 1 N–H and O–H groups in total. The zero-order valence-corrected chi connectivity index (χ0v) is 16.4. The number of hydrogen-bond donors (Lipinski definition) is 1. The van der Waals surface area contributed by atoms with Gasteiger partial charge in [0, 0.05) is 17.7 Å². The Hall–Kier alpha value is -3.22. The van der Waals surface area contributed by atoms with E-state index in [4.69, 9.17) is 9.47 Å². The number of hydrogen-bond acceptors (Lipinski definition) is 5. The van der Waals surface area contributed by atoms with Crippen LogP contribution in [0.15, 0.2) is 48.5 Å². The van der Waals surface area contributed by atoms with Gasteiger partial charge in [-0.2, -0.15) is 0 Å². The Morgan fingerprint density at radius 3 is 2.28 bits per heavy atom. The number of ketones is 1. The van der Waals surface area contributed by atoms with Crippen LogP contribution in [0.1, 0.15) is 43.5 Å². The normalized spacial score (nSPS) is 11.4. The fraction of sp³-hybridized carbons (Fsp3) is 0.318. The Kier molecular flexibility index (Phi) is 8.33. The first-order valence-electron chi connectivity index (χ1n) is 9.41. The van der Waals surface area contributed by atoms with Crippen LogP contribution in [-0.2, 0) is 14.3 Å². The second kappa shape index (κ2) is 10.9. The Morgan fingerprint density at radius 2 is 1.66 bits per heavy atom. The summed E-state index contributed by atoms with van der Waals surface area (Å²) in [5, 5.41) is 2.52. The number of amides is 1. The third-order valence-corrected chi connectivity index (χ3v) is 3.99. The van der Waals surface area contributed by atoms with Crippen molar-refractivity contribution < 1.29 is 28.2 Å². The molecule has 0 aromatic heterocycles. The molecule has 2 rings (SSSR count). The predicted molar refractivity (Wildman–Crippen MR) is 106 cm³/mol. The summed E-state index contributed by atoms with van der Waals surface area (Å²) < 4.78 is 23.4. The lowest BCUT2D eigenvalue weighted by molar-refractivity contribution is -0.153. The summed E-state index contributed by atoms with van der Waals surface area (Å²) in [5.74, 6) is -1.13. The highest BCUT2D eigenvalue weighted by molar-refractivity contribution is 5.98. The van der Waals surface area contributed by atoms with Crippen molar-refractivity contribution >= 4 is 23.3 Å². The number of Topliss-reactive ketones (excluding diaryl/α,β-unsaturated/α-hetero) is 1. The minimum Gasteiger partial charge on any atom is -0.494 e. The molecule has 0 bridgehead atoms. The summed E-state index contributed by atoms with van der Waals surface area (Å²) in [7, 11) is 0. The number of halogens is 1. The average Bonchev–Trinajstić information content (AvgIpc) is 2.72. The van der Waals surface area contributed by atoms with Crippen LogP contribution in [0.4, 0.5) is 10.1 Å². The van der Waals surface area contributed by atoms with E-state index in [1.54, 1.807) is 24.3 Å². The van der Waals surface area contributed by atoms with Crippen LogP contribution in [0.3, 0.4) is 0 Å². The van der Waals surface area contributed by atoms with E-state index in [0.29, 0.717) is 23.6 Å². The minimum atomic E-state index is -1.04. The highest BCUT2D eigenvalue weighted by Crippen LogP contribution is 2.15. The van der Waals surface area contributed by atoms with Gasteiger partial charge < -0.3 is 14.8 Å². The van der Waals surface area contributed by atoms with Gasteiger partial charge in [0.25, 0.3) is 5.91 Å². The van der Waals surface area contributed by atoms with Gasteiger partial charge in [-0.15, -0.1) is 0 Å². The third-order valence-electron chi connectivity index (χ3n) is 3.99. The molecule has 0 saturated carbocycles. The van der Waals surface area contributed by atoms with Gasteiger partial charge in [0.05, 0.1) is 13.0 Å². The quantitative estimate of drug-likeness (QED) is 0.478. The molecule has 0 spiro atoms. The molecule has 0 aliphatic heterocycles. The van der Waals surface area contributed by atoms with Crippen LogP contribution in [-0.4, -0.2) is 30.4 Å². The van der Waals surface area contributed by atoms with Gasteiger partial charge in [-0.3, -0.25) is 14.4 Å². The lowest BCUT2D eigenvalue weighted by Crippen LogP contribution is -2.30. The molecule has 2 aromatic rings. The molecule has 1 atom stereocenters. The van der Waals surface area contributed by atoms with E-state index < -0.39 is 23.8 Å². The average molecular weight is 401 g/mol. The van der Waals surface area contributed by atoms with E-state index in [2.05, 4.69) is 5.32 Å². The number of anilines is 1. The Morgan fingerprint density at radius 1 is 1.00 bits per heavy atom. The molecule has 2 aromatic carbocycles. The maximum absolute atomic E-state index is 12.9. The van der Waals surface area contributed by atoms with Crippen LogP contribution in [0.5, 0.6) is 5.75 Å². The SMILES string of the molecule is CCCOc1ccc(C(=O)CCC(=O)O[C@H](C)C(=O)Nc2ccc(F)cc2)cc1. The molecule has 0 saturated heterocycles. The van der Waals surface area contributed by atoms with E-state index in [1.807, 2.05) is 6.92 Å². The number of ether oxygens (including phenoxy) is 2. The molecule has 7 heteroatoms. The van der Waals surface area contributed by atoms with Crippen molar-refractivity contribution in [3.63, 3.8) is 0 Å². The molecule has 0 heterocycles. The Bertz CT molecular complexity index is 833. The summed E-state index contributed by atoms with van der Waals surface area (Å²) in [6.45, 7) is 4.03. The number of benzene rings is 2. The maximum atomic E-state index is 12.9. The molecule has 6 nitrogen and oxygen atoms in total. The summed E-state index contributed by atoms with van der Waals surface area (Å²) >= 11 is 0. The molecule has 1 amide bonds. The molecule has 0 aliphatic rings. The van der Waals surface area contributed by atoms with Crippen LogP contribution in [0, 0.1) is 5.82 Å². The predicted octanol–water partition coefficient (Wildman–Crippen LogP) is 4.15. The van der Waals surface area contributed by atoms with Crippen molar-refractivity contribution in [3.8, 4) is 5.75 Å². The van der Waals surface area contributed by atoms with Crippen LogP contribution in [0.2, 0.25) is 0 Å². The van der Waals surface area contributed by atoms with Crippen LogP contribution >= 0.6 is 0 Å². The fourth-order valence-electron chi connectivity index (χ4n) is 2.40. The van der Waals surface area contributed by atoms with E-state index in [-0.39, 0.29) is 18.6 Å². The van der Waals surface area contributed by atoms with Gasteiger partial charge in [0.15, 0.2) is 11.9 Å². The zero-order valence-electron chi connectivity index (χ0n) is 16.4. The summed E-state index contributed by atoms with van der Waals surface area (Å²) in [4.78, 5) is 36.2. The molecular weight excluding hydrogens is 377 g/mol. The first-order valence-corrected chi connectivity index (χ1v) is 9.41. The molecule has 0 aliphatic carbocycles. The summed E-state index contributed by atoms with van der Waals surface area (Å²) in [6, 6.07) is 11.9. The van der Waals surface area contributed by atoms with E-state index in [9.17, 15) is 18.8 Å². The molecule has 29 heavy (non-hydrogen) atoms. The van der Waals surface area contributed by atoms with Gasteiger partial charge in [0.2, 0.25) is 0 Å². The smallest absolute Gasteiger partial charge is 0.307 e. The van der Waals surface area contributed by atoms with E-state index in [0.717, 1.165) is 6.42 Å². The van der Waals surface area contributed by atoms with Gasteiger partial charge in [-0.25, -0.2) is 4.39 Å². The van der Waals surface area contributed by atoms with E-state index >= 15 is 0 Å². The molecule has 0 fully saturated rings. The number of rotatable bonds is 10. The number of carbonyl (C=O) groups excluding carboxylic acids is 3. The minimum absolute atomic E-state index is 0.0275. The molecule has 154 valence electrons. The number of carbonyl (C=O) groups is 3. The fourth-order valence-corrected chi connectivity index (χ4v) is 2.40. The van der Waals surface area contributed by atoms with Crippen molar-refractivity contribution in [2.75, 3.05) is 11.9 Å². The Balaban J connectivity index is 1.77. The largest absolute Gasteiger partial charge is 0.494 e. The van der Waals surface area contributed by atoms with Gasteiger partial charge in [-0.1, -0.05) is 6.92 Å². The number of esters is 1. The van der Waals surface area contributed by atoms with Crippen molar-refractivity contribution in [2.45, 2.75) is 39.2 Å². The second-order valence-corrected chi connectivity index (χ2v) is 6.42. The second-order valence-electron chi connectivity index (χ2n) is 6.42. The van der Waals surface area contributed by atoms with Crippen molar-refractivity contribution in [1.29, 1.82) is 0 Å². The van der Waals surface area contributed by atoms with Gasteiger partial charge >= 0.3 is 5.97 Å². The van der Waals surface area contributed by atoms with Crippen LogP contribution in [0.25, 0.3) is 0 Å². The van der Waals surface area contributed by atoms with Crippen LogP contribution < -0.4 is 10.1 Å². The van der Waals surface area contributed by atoms with Crippen molar-refractivity contribution in [3.05, 3.63) is 59.9 Å². The lowest BCUT2D eigenvalue weighted by atomic mass is 10.1. The summed E-state index contributed by atoms with van der Waals surface area (Å²) in [6.07, 6.45) is -0.317. The molecule has 0 unspecified atom stereocenters. The van der Waals surface area contributed by atoms with Gasteiger partial charge in [-0.05, 0) is 61.9 Å². The standard InChI is InChI=1S/C22H24FNO5/c1-3-14-28-19-10-4-16(5-11-19)20(25)12-13-21(26)29-15(2)22(27)24-18-8-6-17(23)7-9-18/h4-11,15H,3,12-14H2,1-2H3,(H,24,27)/t15-/m1/s1. The molecular formula is C22H24FNO5. The molecule has 0 radical (unpaired) electrons. The first kappa shape index (κ1) is 22.1. The van der Waals surface area contributed by atoms with Gasteiger partial charge in [0.1, 0.15) is 11.6 Å². The van der Waals surface area contributed by atoms with Crippen molar-refractivity contribution in [2.24, 2.45) is 0 Å². The third kappa shape index (κ3) is 7.37. The zero-order chi connectivity index (χ0) is 21.2. The lowest BCUT2D eigenvalue weighted by Gasteiger charge is -2.13. The highest BCUT2D eigenvalue weighted by atomic mass is 19.1. The first-order chi connectivity index (χ1) is 13.9. The summed E-state index contributed by atoms with van der Waals surface area (Å²) in [5.41, 5.74) is 0.865. The van der Waals surface area contributed by atoms with Crippen molar-refractivity contribution in [1.82, 2.24) is 0 Å². The Labute approximate surface area is 169 Å². The highest BCUT2D eigenvalue weighted by Gasteiger charge is 2.19. The van der Waals surface area contributed by atoms with E-state index in [1.165, 1.54) is 31.2 Å². The monoisotopic (exact) mass is 401 g/mol. The topological polar surface area (TPSA) is 81.7 Å². The maximum Gasteiger partial charge on any atom is 0.307 e. The number of nitrogens with one attached hydrogen (secondary N) is 1.